The standard InChI is InChI=1S/C8H19N3O2/c1-13-7-6-10-5-3-2-4-8(9)11-12/h10,12H,2-7H2,1H3,(H2,9,11). The molecule has 0 aliphatic rings. The molecule has 78 valence electrons. The van der Waals surface area contributed by atoms with Crippen LogP contribution in [0.2, 0.25) is 0 Å². The largest absolute Gasteiger partial charge is 0.409 e. The first kappa shape index (κ1) is 12.2. The molecule has 5 heteroatoms. The molecule has 0 saturated carbocycles. The second kappa shape index (κ2) is 9.28. The van der Waals surface area contributed by atoms with E-state index in [4.69, 9.17) is 15.7 Å². The van der Waals surface area contributed by atoms with E-state index in [9.17, 15) is 0 Å². The van der Waals surface area contributed by atoms with Crippen LogP contribution in [-0.4, -0.2) is 37.8 Å². The van der Waals surface area contributed by atoms with Gasteiger partial charge in [0.25, 0.3) is 0 Å². The Labute approximate surface area is 78.9 Å². The zero-order chi connectivity index (χ0) is 9.94. The van der Waals surface area contributed by atoms with Gasteiger partial charge in [0.05, 0.1) is 6.61 Å². The van der Waals surface area contributed by atoms with Crippen molar-refractivity contribution in [3.63, 3.8) is 0 Å². The second-order valence-corrected chi connectivity index (χ2v) is 2.79. The van der Waals surface area contributed by atoms with Gasteiger partial charge in [0.15, 0.2) is 0 Å². The summed E-state index contributed by atoms with van der Waals surface area (Å²) in [6.07, 6.45) is 2.62. The summed E-state index contributed by atoms with van der Waals surface area (Å²) in [5.41, 5.74) is 5.29. The lowest BCUT2D eigenvalue weighted by Crippen LogP contribution is -2.20. The minimum atomic E-state index is 0.303. The number of hydrogen-bond donors (Lipinski definition) is 3. The van der Waals surface area contributed by atoms with Gasteiger partial charge < -0.3 is 21.0 Å². The Bertz CT molecular complexity index is 139. The van der Waals surface area contributed by atoms with Gasteiger partial charge in [-0.25, -0.2) is 0 Å². The normalized spacial score (nSPS) is 11.9. The van der Waals surface area contributed by atoms with Gasteiger partial charge in [-0.15, -0.1) is 0 Å². The quantitative estimate of drug-likeness (QED) is 0.167. The van der Waals surface area contributed by atoms with E-state index in [1.54, 1.807) is 7.11 Å². The van der Waals surface area contributed by atoms with Crippen molar-refractivity contribution in [2.45, 2.75) is 19.3 Å². The summed E-state index contributed by atoms with van der Waals surface area (Å²) < 4.78 is 4.87. The number of amidine groups is 1. The predicted octanol–water partition coefficient (Wildman–Crippen LogP) is 0.139. The minimum Gasteiger partial charge on any atom is -0.409 e. The highest BCUT2D eigenvalue weighted by Crippen LogP contribution is 1.93. The lowest BCUT2D eigenvalue weighted by atomic mass is 10.2. The lowest BCUT2D eigenvalue weighted by Gasteiger charge is -2.02. The summed E-state index contributed by atoms with van der Waals surface area (Å²) in [6.45, 7) is 2.56. The third-order valence-electron chi connectivity index (χ3n) is 1.65. The highest BCUT2D eigenvalue weighted by molar-refractivity contribution is 5.79. The van der Waals surface area contributed by atoms with Gasteiger partial charge in [0.2, 0.25) is 0 Å². The molecule has 0 aromatic carbocycles. The minimum absolute atomic E-state index is 0.303. The van der Waals surface area contributed by atoms with Crippen molar-refractivity contribution in [2.75, 3.05) is 26.8 Å². The number of nitrogens with two attached hydrogens (primary N) is 1. The third-order valence-corrected chi connectivity index (χ3v) is 1.65. The number of oxime groups is 1. The van der Waals surface area contributed by atoms with Gasteiger partial charge in [-0.3, -0.25) is 0 Å². The molecule has 4 N–H and O–H groups in total. The number of ether oxygens (including phenoxy) is 1. The number of nitrogens with one attached hydrogen (secondary N) is 1. The molecule has 0 aromatic heterocycles. The average Bonchev–Trinajstić information content (AvgIpc) is 2.16. The summed E-state index contributed by atoms with van der Waals surface area (Å²) >= 11 is 0. The molecule has 0 heterocycles. The van der Waals surface area contributed by atoms with Gasteiger partial charge in [-0.05, 0) is 19.4 Å². The van der Waals surface area contributed by atoms with Crippen molar-refractivity contribution in [2.24, 2.45) is 10.9 Å². The molecule has 5 nitrogen and oxygen atoms in total. The summed E-state index contributed by atoms with van der Waals surface area (Å²) in [4.78, 5) is 0. The van der Waals surface area contributed by atoms with Crippen LogP contribution in [0.3, 0.4) is 0 Å². The zero-order valence-corrected chi connectivity index (χ0v) is 8.12. The Kier molecular flexibility index (Phi) is 8.70. The van der Waals surface area contributed by atoms with E-state index in [-0.39, 0.29) is 0 Å². The summed E-state index contributed by atoms with van der Waals surface area (Å²) in [6, 6.07) is 0. The Hall–Kier alpha value is -0.810. The topological polar surface area (TPSA) is 79.9 Å². The molecule has 0 atom stereocenters. The maximum Gasteiger partial charge on any atom is 0.139 e. The fourth-order valence-corrected chi connectivity index (χ4v) is 0.905. The van der Waals surface area contributed by atoms with Crippen LogP contribution in [0.15, 0.2) is 5.16 Å². The summed E-state index contributed by atoms with van der Waals surface area (Å²) in [5, 5.41) is 14.3. The molecule has 0 aliphatic carbocycles. The Morgan fingerprint density at radius 2 is 2.23 bits per heavy atom. The lowest BCUT2D eigenvalue weighted by molar-refractivity contribution is 0.199. The van der Waals surface area contributed by atoms with E-state index in [0.29, 0.717) is 12.3 Å². The van der Waals surface area contributed by atoms with E-state index in [1.165, 1.54) is 0 Å². The summed E-state index contributed by atoms with van der Waals surface area (Å²) in [7, 11) is 1.68. The average molecular weight is 189 g/mol. The molecular formula is C8H19N3O2. The van der Waals surface area contributed by atoms with E-state index < -0.39 is 0 Å². The summed E-state index contributed by atoms with van der Waals surface area (Å²) in [5.74, 6) is 0.303. The van der Waals surface area contributed by atoms with Crippen molar-refractivity contribution in [3.05, 3.63) is 0 Å². The number of rotatable bonds is 8. The molecule has 0 aliphatic heterocycles. The molecule has 0 spiro atoms. The molecule has 0 aromatic rings. The number of methoxy groups -OCH3 is 1. The fourth-order valence-electron chi connectivity index (χ4n) is 0.905. The number of hydrogen-bond acceptors (Lipinski definition) is 4. The Morgan fingerprint density at radius 3 is 2.85 bits per heavy atom. The third kappa shape index (κ3) is 9.10. The van der Waals surface area contributed by atoms with Crippen molar-refractivity contribution < 1.29 is 9.94 Å². The van der Waals surface area contributed by atoms with E-state index >= 15 is 0 Å². The SMILES string of the molecule is COCCNCCCCC(N)=NO. The van der Waals surface area contributed by atoms with Gasteiger partial charge in [0, 0.05) is 20.1 Å². The molecule has 0 rings (SSSR count). The van der Waals surface area contributed by atoms with Crippen LogP contribution in [0.4, 0.5) is 0 Å². The fraction of sp³-hybridized carbons (Fsp3) is 0.875. The van der Waals surface area contributed by atoms with Crippen molar-refractivity contribution >= 4 is 5.84 Å². The molecule has 13 heavy (non-hydrogen) atoms. The van der Waals surface area contributed by atoms with Crippen LogP contribution in [-0.2, 0) is 4.74 Å². The predicted molar refractivity (Wildman–Crippen MR) is 52.0 cm³/mol. The maximum absolute atomic E-state index is 8.24. The first-order chi connectivity index (χ1) is 6.31. The van der Waals surface area contributed by atoms with Crippen LogP contribution in [0.1, 0.15) is 19.3 Å². The smallest absolute Gasteiger partial charge is 0.139 e. The van der Waals surface area contributed by atoms with Crippen molar-refractivity contribution in [1.29, 1.82) is 0 Å². The van der Waals surface area contributed by atoms with Crippen LogP contribution in [0, 0.1) is 0 Å². The van der Waals surface area contributed by atoms with Crippen LogP contribution >= 0.6 is 0 Å². The van der Waals surface area contributed by atoms with E-state index in [2.05, 4.69) is 10.5 Å². The molecule has 0 amide bonds. The van der Waals surface area contributed by atoms with Crippen LogP contribution < -0.4 is 11.1 Å². The Balaban J connectivity index is 3.00. The second-order valence-electron chi connectivity index (χ2n) is 2.79. The molecule has 0 unspecified atom stereocenters. The molecular weight excluding hydrogens is 170 g/mol. The van der Waals surface area contributed by atoms with Gasteiger partial charge >= 0.3 is 0 Å². The first-order valence-electron chi connectivity index (χ1n) is 4.47. The highest BCUT2D eigenvalue weighted by atomic mass is 16.5. The Morgan fingerprint density at radius 1 is 1.46 bits per heavy atom. The van der Waals surface area contributed by atoms with E-state index in [0.717, 1.165) is 32.5 Å². The molecule has 0 bridgehead atoms. The van der Waals surface area contributed by atoms with Crippen LogP contribution in [0.25, 0.3) is 0 Å². The number of nitrogens with zero attached hydrogens (tertiary/aromatic N) is 1. The molecule has 0 fully saturated rings. The van der Waals surface area contributed by atoms with Crippen molar-refractivity contribution in [3.8, 4) is 0 Å². The van der Waals surface area contributed by atoms with Gasteiger partial charge in [-0.2, -0.15) is 0 Å². The van der Waals surface area contributed by atoms with Crippen LogP contribution in [0.5, 0.6) is 0 Å². The monoisotopic (exact) mass is 189 g/mol. The highest BCUT2D eigenvalue weighted by Gasteiger charge is 1.93. The zero-order valence-electron chi connectivity index (χ0n) is 8.12. The first-order valence-corrected chi connectivity index (χ1v) is 4.47. The van der Waals surface area contributed by atoms with E-state index in [1.807, 2.05) is 0 Å². The van der Waals surface area contributed by atoms with Gasteiger partial charge in [0.1, 0.15) is 5.84 Å². The molecule has 0 saturated heterocycles. The number of unbranched alkanes of at least 4 members (excludes halogenated alkanes) is 1. The maximum atomic E-state index is 8.24. The van der Waals surface area contributed by atoms with Gasteiger partial charge in [-0.1, -0.05) is 5.16 Å². The molecule has 0 radical (unpaired) electrons. The van der Waals surface area contributed by atoms with Crippen molar-refractivity contribution in [1.82, 2.24) is 5.32 Å².